The highest BCUT2D eigenvalue weighted by Crippen LogP contribution is 2.42. The molecule has 5 nitrogen and oxygen atoms in total. The Hall–Kier alpha value is -1.06. The smallest absolute Gasteiger partial charge is 0.330 e. The number of hydrogen-bond donors (Lipinski definition) is 1. The third kappa shape index (κ3) is 5.04. The van der Waals surface area contributed by atoms with Crippen LogP contribution in [0.3, 0.4) is 0 Å². The van der Waals surface area contributed by atoms with E-state index in [1.54, 1.807) is 0 Å². The molecule has 0 amide bonds. The predicted octanol–water partition coefficient (Wildman–Crippen LogP) is 5.23. The fourth-order valence-corrected chi connectivity index (χ4v) is 5.35. The normalized spacial score (nSPS) is 26.1. The number of alkyl halides is 3. The zero-order valence-electron chi connectivity index (χ0n) is 17.8. The van der Waals surface area contributed by atoms with Gasteiger partial charge in [-0.15, -0.1) is 35.0 Å². The molecule has 4 rings (SSSR count). The molecule has 2 aromatic rings. The van der Waals surface area contributed by atoms with Crippen molar-refractivity contribution >= 4 is 36.4 Å². The zero-order valence-corrected chi connectivity index (χ0v) is 20.2. The quantitative estimate of drug-likeness (QED) is 0.607. The van der Waals surface area contributed by atoms with Crippen LogP contribution in [0.2, 0.25) is 5.02 Å². The zero-order chi connectivity index (χ0) is 21.5. The summed E-state index contributed by atoms with van der Waals surface area (Å²) in [5.74, 6) is -0.473. The first-order chi connectivity index (χ1) is 14.3. The summed E-state index contributed by atoms with van der Waals surface area (Å²) in [5, 5.41) is 7.95. The second-order valence-electron chi connectivity index (χ2n) is 8.51. The Bertz CT molecular complexity index is 897. The minimum atomic E-state index is -4.50. The van der Waals surface area contributed by atoms with Gasteiger partial charge in [0.15, 0.2) is 0 Å². The van der Waals surface area contributed by atoms with E-state index < -0.39 is 12.0 Å². The Labute approximate surface area is 203 Å². The topological polar surface area (TPSA) is 60.0 Å². The predicted molar refractivity (Wildman–Crippen MR) is 124 cm³/mol. The van der Waals surface area contributed by atoms with E-state index in [2.05, 4.69) is 28.1 Å². The van der Waals surface area contributed by atoms with E-state index in [1.807, 2.05) is 18.2 Å². The second-order valence-corrected chi connectivity index (χ2v) is 8.95. The summed E-state index contributed by atoms with van der Waals surface area (Å²) in [7, 11) is 0. The first kappa shape index (κ1) is 27.2. The van der Waals surface area contributed by atoms with Gasteiger partial charge in [-0.25, -0.2) is 0 Å². The van der Waals surface area contributed by atoms with E-state index in [0.717, 1.165) is 37.7 Å². The number of benzene rings is 1. The third-order valence-electron chi connectivity index (χ3n) is 6.95. The summed E-state index contributed by atoms with van der Waals surface area (Å²) in [4.78, 5) is 2.23. The molecule has 1 aliphatic carbocycles. The molecule has 0 spiro atoms. The maximum atomic E-state index is 13.4. The van der Waals surface area contributed by atoms with Gasteiger partial charge in [-0.05, 0) is 49.8 Å². The van der Waals surface area contributed by atoms with Crippen LogP contribution in [0, 0.1) is 0 Å². The molecule has 0 radical (unpaired) electrons. The van der Waals surface area contributed by atoms with Crippen LogP contribution in [0.5, 0.6) is 0 Å². The largest absolute Gasteiger partial charge is 0.451 e. The van der Waals surface area contributed by atoms with Crippen molar-refractivity contribution in [1.29, 1.82) is 0 Å². The molecule has 2 N–H and O–H groups in total. The lowest BCUT2D eigenvalue weighted by Crippen LogP contribution is -2.52. The molecule has 32 heavy (non-hydrogen) atoms. The van der Waals surface area contributed by atoms with E-state index in [-0.39, 0.29) is 49.0 Å². The molecule has 1 aromatic heterocycles. The number of halogens is 6. The highest BCUT2D eigenvalue weighted by Gasteiger charge is 2.44. The summed E-state index contributed by atoms with van der Waals surface area (Å²) >= 11 is 6.20. The van der Waals surface area contributed by atoms with Crippen molar-refractivity contribution in [2.45, 2.75) is 75.8 Å². The summed E-state index contributed by atoms with van der Waals surface area (Å²) in [6, 6.07) is 8.26. The molecule has 0 bridgehead atoms. The van der Waals surface area contributed by atoms with Crippen LogP contribution in [0.25, 0.3) is 0 Å². The van der Waals surface area contributed by atoms with Gasteiger partial charge in [-0.2, -0.15) is 13.2 Å². The monoisotopic (exact) mass is 513 g/mol. The lowest BCUT2D eigenvalue weighted by atomic mass is 9.68. The van der Waals surface area contributed by atoms with Gasteiger partial charge in [0.1, 0.15) is 5.82 Å². The van der Waals surface area contributed by atoms with E-state index in [1.165, 1.54) is 4.57 Å². The van der Waals surface area contributed by atoms with Gasteiger partial charge in [0.05, 0.1) is 6.67 Å². The Balaban J connectivity index is 0.00000181. The van der Waals surface area contributed by atoms with Crippen LogP contribution < -0.4 is 5.73 Å². The first-order valence-corrected chi connectivity index (χ1v) is 10.9. The molecular weight excluding hydrogens is 486 g/mol. The van der Waals surface area contributed by atoms with Crippen molar-refractivity contribution in [2.75, 3.05) is 6.54 Å². The summed E-state index contributed by atoms with van der Waals surface area (Å²) in [6.45, 7) is 2.80. The minimum Gasteiger partial charge on any atom is -0.330 e. The molecule has 2 aliphatic rings. The van der Waals surface area contributed by atoms with E-state index >= 15 is 0 Å². The molecule has 1 unspecified atom stereocenters. The van der Waals surface area contributed by atoms with Crippen LogP contribution >= 0.6 is 36.4 Å². The number of fused-ring (bicyclic) bond motifs is 1. The fourth-order valence-electron chi connectivity index (χ4n) is 5.16. The molecule has 1 aromatic carbocycles. The van der Waals surface area contributed by atoms with Crippen molar-refractivity contribution < 1.29 is 13.2 Å². The summed E-state index contributed by atoms with van der Waals surface area (Å²) in [6.07, 6.45) is 0.417. The molecule has 0 saturated heterocycles. The van der Waals surface area contributed by atoms with E-state index in [0.29, 0.717) is 23.8 Å². The van der Waals surface area contributed by atoms with Crippen molar-refractivity contribution in [3.05, 3.63) is 46.5 Å². The lowest BCUT2D eigenvalue weighted by molar-refractivity contribution is -0.149. The van der Waals surface area contributed by atoms with Gasteiger partial charge in [0.25, 0.3) is 0 Å². The molecular formula is C21H29Cl3F3N5. The average Bonchev–Trinajstić information content (AvgIpc) is 3.16. The van der Waals surface area contributed by atoms with Crippen molar-refractivity contribution in [3.63, 3.8) is 0 Å². The van der Waals surface area contributed by atoms with E-state index in [9.17, 15) is 13.2 Å². The highest BCUT2D eigenvalue weighted by atomic mass is 35.5. The lowest BCUT2D eigenvalue weighted by Gasteiger charge is -2.47. The molecule has 11 heteroatoms. The standard InChI is InChI=1S/C21H27ClF3N5.2ClH/c1-2-16-11-18-27-28-19(21(23,24)25)30(18)13-29(16)17-6-8-20(12-26,9-7-17)14-4-3-5-15(22)10-14;;/h3-5,10,16-17H,2,6-9,11-13,26H2,1H3;2*1H/t16?,17-,20+;;. The highest BCUT2D eigenvalue weighted by molar-refractivity contribution is 6.30. The third-order valence-corrected chi connectivity index (χ3v) is 7.19. The molecule has 180 valence electrons. The molecule has 2 heterocycles. The maximum absolute atomic E-state index is 13.4. The van der Waals surface area contributed by atoms with Crippen LogP contribution in [0.4, 0.5) is 13.2 Å². The molecule has 1 aliphatic heterocycles. The first-order valence-electron chi connectivity index (χ1n) is 10.5. The van der Waals surface area contributed by atoms with Gasteiger partial charge in [0.2, 0.25) is 5.82 Å². The summed E-state index contributed by atoms with van der Waals surface area (Å²) in [5.41, 5.74) is 7.24. The van der Waals surface area contributed by atoms with Gasteiger partial charge < -0.3 is 5.73 Å². The van der Waals surface area contributed by atoms with Crippen LogP contribution in [0.15, 0.2) is 24.3 Å². The minimum absolute atomic E-state index is 0. The Morgan fingerprint density at radius 2 is 1.88 bits per heavy atom. The van der Waals surface area contributed by atoms with Crippen LogP contribution in [-0.2, 0) is 24.7 Å². The SMILES string of the molecule is CCC1Cc2nnc(C(F)(F)F)n2CN1[C@H]1CC[C@@](CN)(c2cccc(Cl)c2)CC1.Cl.Cl. The van der Waals surface area contributed by atoms with Crippen molar-refractivity contribution in [2.24, 2.45) is 5.73 Å². The number of rotatable bonds is 4. The Morgan fingerprint density at radius 3 is 2.44 bits per heavy atom. The average molecular weight is 515 g/mol. The second kappa shape index (κ2) is 10.5. The number of hydrogen-bond acceptors (Lipinski definition) is 4. The molecule has 1 saturated carbocycles. The van der Waals surface area contributed by atoms with E-state index in [4.69, 9.17) is 17.3 Å². The van der Waals surface area contributed by atoms with Crippen molar-refractivity contribution in [3.8, 4) is 0 Å². The van der Waals surface area contributed by atoms with Crippen LogP contribution in [0.1, 0.15) is 56.2 Å². The van der Waals surface area contributed by atoms with Gasteiger partial charge in [-0.1, -0.05) is 30.7 Å². The Kier molecular flexibility index (Phi) is 8.89. The molecule has 1 atom stereocenters. The maximum Gasteiger partial charge on any atom is 0.451 e. The van der Waals surface area contributed by atoms with Crippen LogP contribution in [-0.4, -0.2) is 38.3 Å². The van der Waals surface area contributed by atoms with Gasteiger partial charge >= 0.3 is 6.18 Å². The number of nitrogens with zero attached hydrogens (tertiary/aromatic N) is 4. The van der Waals surface area contributed by atoms with Gasteiger partial charge in [0, 0.05) is 35.5 Å². The van der Waals surface area contributed by atoms with Crippen molar-refractivity contribution in [1.82, 2.24) is 19.7 Å². The summed E-state index contributed by atoms with van der Waals surface area (Å²) < 4.78 is 41.3. The number of nitrogens with two attached hydrogens (primary N) is 1. The Morgan fingerprint density at radius 1 is 1.19 bits per heavy atom. The molecule has 1 fully saturated rings. The number of aromatic nitrogens is 3. The van der Waals surface area contributed by atoms with Gasteiger partial charge in [-0.3, -0.25) is 9.47 Å². The fraction of sp³-hybridized carbons (Fsp3) is 0.619.